The Labute approximate surface area is 136 Å². The molecule has 4 heteroatoms. The maximum atomic E-state index is 13.3. The second-order valence-corrected chi connectivity index (χ2v) is 5.84. The number of hydrogen-bond acceptors (Lipinski definition) is 1. The molecule has 0 spiro atoms. The first-order chi connectivity index (χ1) is 10.9. The van der Waals surface area contributed by atoms with Crippen LogP contribution in [0, 0.1) is 25.5 Å². The molecule has 0 N–H and O–H groups in total. The topological polar surface area (TPSA) is 15.6 Å². The molecule has 0 aliphatic heterocycles. The van der Waals surface area contributed by atoms with Crippen molar-refractivity contribution in [2.45, 2.75) is 27.2 Å². The van der Waals surface area contributed by atoms with Gasteiger partial charge in [0.25, 0.3) is 0 Å². The van der Waals surface area contributed by atoms with Gasteiger partial charge < -0.3 is 4.90 Å². The molecule has 0 saturated carbocycles. The van der Waals surface area contributed by atoms with Gasteiger partial charge in [-0.3, -0.25) is 0 Å². The number of rotatable bonds is 5. The molecule has 0 unspecified atom stereocenters. The lowest BCUT2D eigenvalue weighted by molar-refractivity contribution is 0.552. The van der Waals surface area contributed by atoms with Crippen LogP contribution < -0.4 is 0 Å². The highest BCUT2D eigenvalue weighted by molar-refractivity contribution is 5.64. The molecule has 0 fully saturated rings. The summed E-state index contributed by atoms with van der Waals surface area (Å²) < 4.78 is 26.6. The Morgan fingerprint density at radius 1 is 1.00 bits per heavy atom. The number of nitrogens with zero attached hydrogens (tertiary/aromatic N) is 2. The quantitative estimate of drug-likeness (QED) is 0.572. The fourth-order valence-corrected chi connectivity index (χ4v) is 2.37. The molecule has 0 amide bonds. The fraction of sp³-hybridized carbons (Fsp3) is 0.316. The molecule has 2 aromatic rings. The van der Waals surface area contributed by atoms with Crippen LogP contribution in [0.25, 0.3) is 0 Å². The number of halogens is 2. The van der Waals surface area contributed by atoms with Crippen LogP contribution in [0.2, 0.25) is 0 Å². The van der Waals surface area contributed by atoms with Crippen molar-refractivity contribution in [3.63, 3.8) is 0 Å². The lowest BCUT2D eigenvalue weighted by atomic mass is 9.97. The third-order valence-electron chi connectivity index (χ3n) is 3.86. The van der Waals surface area contributed by atoms with Crippen molar-refractivity contribution in [3.05, 3.63) is 64.2 Å². The zero-order valence-electron chi connectivity index (χ0n) is 14.0. The first-order valence-corrected chi connectivity index (χ1v) is 7.68. The van der Waals surface area contributed by atoms with E-state index >= 15 is 0 Å². The van der Waals surface area contributed by atoms with Gasteiger partial charge in [0.05, 0.1) is 12.0 Å². The Kier molecular flexibility index (Phi) is 5.48. The minimum Gasteiger partial charge on any atom is -0.366 e. The summed E-state index contributed by atoms with van der Waals surface area (Å²) in [5.41, 5.74) is 4.70. The summed E-state index contributed by atoms with van der Waals surface area (Å²) in [5, 5.41) is 0. The summed E-state index contributed by atoms with van der Waals surface area (Å²) in [6, 6.07) is 7.70. The van der Waals surface area contributed by atoms with Crippen molar-refractivity contribution in [2.24, 2.45) is 4.99 Å². The van der Waals surface area contributed by atoms with Crippen molar-refractivity contribution in [1.82, 2.24) is 4.90 Å². The molecular weight excluding hydrogens is 294 g/mol. The molecule has 0 heterocycles. The summed E-state index contributed by atoms with van der Waals surface area (Å²) >= 11 is 0. The van der Waals surface area contributed by atoms with E-state index in [1.807, 2.05) is 44.3 Å². The summed E-state index contributed by atoms with van der Waals surface area (Å²) in [5.74, 6) is -1.09. The average Bonchev–Trinajstić information content (AvgIpc) is 2.47. The molecule has 23 heavy (non-hydrogen) atoms. The van der Waals surface area contributed by atoms with Gasteiger partial charge in [0.15, 0.2) is 0 Å². The summed E-state index contributed by atoms with van der Waals surface area (Å²) in [7, 11) is 1.97. The second-order valence-electron chi connectivity index (χ2n) is 5.84. The SMILES string of the molecule is CCN(C)C=Nc1cc(C)c(Cc2cc(F)cc(F)c2)cc1C. The molecule has 2 aromatic carbocycles. The molecule has 0 radical (unpaired) electrons. The van der Waals surface area contributed by atoms with E-state index in [1.165, 1.54) is 12.1 Å². The third-order valence-corrected chi connectivity index (χ3v) is 3.86. The maximum absolute atomic E-state index is 13.3. The lowest BCUT2D eigenvalue weighted by Crippen LogP contribution is -2.14. The van der Waals surface area contributed by atoms with Gasteiger partial charge >= 0.3 is 0 Å². The predicted octanol–water partition coefficient (Wildman–Crippen LogP) is 4.78. The Hall–Kier alpha value is -2.23. The Morgan fingerprint density at radius 3 is 2.26 bits per heavy atom. The van der Waals surface area contributed by atoms with Crippen LogP contribution in [0.5, 0.6) is 0 Å². The van der Waals surface area contributed by atoms with Gasteiger partial charge in [-0.25, -0.2) is 13.8 Å². The van der Waals surface area contributed by atoms with Crippen LogP contribution in [0.1, 0.15) is 29.2 Å². The Morgan fingerprint density at radius 2 is 1.65 bits per heavy atom. The normalized spacial score (nSPS) is 11.2. The van der Waals surface area contributed by atoms with Crippen LogP contribution in [0.4, 0.5) is 14.5 Å². The van der Waals surface area contributed by atoms with E-state index in [0.29, 0.717) is 12.0 Å². The standard InChI is InChI=1S/C19H22F2N2/c1-5-23(4)12-22-19-7-13(2)16(6-14(19)3)8-15-9-17(20)11-18(21)10-15/h6-7,9-12H,5,8H2,1-4H3. The van der Waals surface area contributed by atoms with Crippen molar-refractivity contribution in [3.8, 4) is 0 Å². The van der Waals surface area contributed by atoms with Crippen LogP contribution in [-0.4, -0.2) is 24.8 Å². The van der Waals surface area contributed by atoms with Gasteiger partial charge in [-0.15, -0.1) is 0 Å². The van der Waals surface area contributed by atoms with Crippen LogP contribution >= 0.6 is 0 Å². The highest BCUT2D eigenvalue weighted by Gasteiger charge is 2.07. The van der Waals surface area contributed by atoms with Gasteiger partial charge in [0.1, 0.15) is 11.6 Å². The second kappa shape index (κ2) is 7.36. The maximum Gasteiger partial charge on any atom is 0.126 e. The molecule has 0 aliphatic carbocycles. The molecule has 0 aliphatic rings. The van der Waals surface area contributed by atoms with Crippen LogP contribution in [-0.2, 0) is 6.42 Å². The van der Waals surface area contributed by atoms with E-state index in [1.54, 1.807) is 0 Å². The van der Waals surface area contributed by atoms with Crippen molar-refractivity contribution < 1.29 is 8.78 Å². The number of aryl methyl sites for hydroxylation is 2. The lowest BCUT2D eigenvalue weighted by Gasteiger charge is -2.12. The number of hydrogen-bond donors (Lipinski definition) is 0. The highest BCUT2D eigenvalue weighted by atomic mass is 19.1. The smallest absolute Gasteiger partial charge is 0.126 e. The zero-order chi connectivity index (χ0) is 17.0. The van der Waals surface area contributed by atoms with Crippen molar-refractivity contribution >= 4 is 12.0 Å². The largest absolute Gasteiger partial charge is 0.366 e. The molecule has 0 bridgehead atoms. The van der Waals surface area contributed by atoms with Gasteiger partial charge in [0.2, 0.25) is 0 Å². The van der Waals surface area contributed by atoms with Crippen molar-refractivity contribution in [2.75, 3.05) is 13.6 Å². The molecule has 2 rings (SSSR count). The summed E-state index contributed by atoms with van der Waals surface area (Å²) in [6.45, 7) is 6.94. The number of benzene rings is 2. The van der Waals surface area contributed by atoms with E-state index in [2.05, 4.69) is 11.9 Å². The predicted molar refractivity (Wildman–Crippen MR) is 91.5 cm³/mol. The average molecular weight is 316 g/mol. The van der Waals surface area contributed by atoms with E-state index < -0.39 is 11.6 Å². The van der Waals surface area contributed by atoms with Crippen LogP contribution in [0.3, 0.4) is 0 Å². The first kappa shape index (κ1) is 17.1. The van der Waals surface area contributed by atoms with E-state index in [9.17, 15) is 8.78 Å². The fourth-order valence-electron chi connectivity index (χ4n) is 2.37. The molecular formula is C19H22F2N2. The van der Waals surface area contributed by atoms with Gasteiger partial charge in [-0.2, -0.15) is 0 Å². The highest BCUT2D eigenvalue weighted by Crippen LogP contribution is 2.25. The van der Waals surface area contributed by atoms with E-state index in [4.69, 9.17) is 0 Å². The van der Waals surface area contributed by atoms with Gasteiger partial charge in [-0.1, -0.05) is 6.07 Å². The molecule has 0 atom stereocenters. The molecule has 122 valence electrons. The molecule has 0 aromatic heterocycles. The number of aliphatic imine (C=N–C) groups is 1. The monoisotopic (exact) mass is 316 g/mol. The summed E-state index contributed by atoms with van der Waals surface area (Å²) in [6.07, 6.45) is 2.31. The van der Waals surface area contributed by atoms with Gasteiger partial charge in [0, 0.05) is 19.7 Å². The van der Waals surface area contributed by atoms with E-state index in [0.717, 1.165) is 35.0 Å². The minimum absolute atomic E-state index is 0.500. The van der Waals surface area contributed by atoms with Gasteiger partial charge in [-0.05, 0) is 67.6 Å². The Bertz CT molecular complexity index is 703. The Balaban J connectivity index is 2.27. The summed E-state index contributed by atoms with van der Waals surface area (Å²) in [4.78, 5) is 6.49. The molecule has 2 nitrogen and oxygen atoms in total. The zero-order valence-corrected chi connectivity index (χ0v) is 14.0. The molecule has 0 saturated heterocycles. The van der Waals surface area contributed by atoms with Crippen LogP contribution in [0.15, 0.2) is 35.3 Å². The third kappa shape index (κ3) is 4.62. The van der Waals surface area contributed by atoms with Crippen molar-refractivity contribution in [1.29, 1.82) is 0 Å². The minimum atomic E-state index is -0.543. The van der Waals surface area contributed by atoms with E-state index in [-0.39, 0.29) is 0 Å². The first-order valence-electron chi connectivity index (χ1n) is 7.68.